The summed E-state index contributed by atoms with van der Waals surface area (Å²) in [5.74, 6) is 0.275. The van der Waals surface area contributed by atoms with E-state index in [0.717, 1.165) is 0 Å². The number of carbonyl (C=O) groups excluding carboxylic acids is 2. The highest BCUT2D eigenvalue weighted by molar-refractivity contribution is 5.79. The lowest BCUT2D eigenvalue weighted by Crippen LogP contribution is -2.44. The van der Waals surface area contributed by atoms with Gasteiger partial charge in [0.25, 0.3) is 0 Å². The Labute approximate surface area is 96.9 Å². The van der Waals surface area contributed by atoms with Crippen molar-refractivity contribution in [2.75, 3.05) is 7.05 Å². The van der Waals surface area contributed by atoms with E-state index >= 15 is 0 Å². The van der Waals surface area contributed by atoms with Gasteiger partial charge in [0.05, 0.1) is 0 Å². The third-order valence-electron chi connectivity index (χ3n) is 3.04. The van der Waals surface area contributed by atoms with Gasteiger partial charge in [0.15, 0.2) is 0 Å². The number of amides is 1. The van der Waals surface area contributed by atoms with Gasteiger partial charge in [-0.15, -0.1) is 0 Å². The van der Waals surface area contributed by atoms with Gasteiger partial charge in [0.1, 0.15) is 11.9 Å². The summed E-state index contributed by atoms with van der Waals surface area (Å²) < 4.78 is 5.36. The quantitative estimate of drug-likeness (QED) is 0.691. The van der Waals surface area contributed by atoms with Crippen LogP contribution in [0.4, 0.5) is 4.79 Å². The minimum atomic E-state index is -0.299. The first-order chi connectivity index (χ1) is 7.30. The molecule has 4 nitrogen and oxygen atoms in total. The standard InChI is InChI=1S/C12H21NO3/c1-12(2,3)13(4)11(15)16-10-7-5-9(14)6-8-10/h10H,5-8H2,1-4H3. The van der Waals surface area contributed by atoms with Crippen LogP contribution in [-0.4, -0.2) is 35.5 Å². The molecule has 0 aliphatic heterocycles. The summed E-state index contributed by atoms with van der Waals surface area (Å²) in [7, 11) is 1.73. The minimum Gasteiger partial charge on any atom is -0.446 e. The second-order valence-electron chi connectivity index (χ2n) is 5.35. The molecule has 1 aliphatic carbocycles. The van der Waals surface area contributed by atoms with Gasteiger partial charge in [0, 0.05) is 25.4 Å². The summed E-state index contributed by atoms with van der Waals surface area (Å²) in [6.07, 6.45) is 2.03. The molecule has 16 heavy (non-hydrogen) atoms. The molecule has 0 spiro atoms. The predicted molar refractivity (Wildman–Crippen MR) is 61.3 cm³/mol. The summed E-state index contributed by atoms with van der Waals surface area (Å²) >= 11 is 0. The third kappa shape index (κ3) is 3.51. The van der Waals surface area contributed by atoms with Crippen molar-refractivity contribution in [2.45, 2.75) is 58.1 Å². The van der Waals surface area contributed by atoms with Crippen molar-refractivity contribution < 1.29 is 14.3 Å². The van der Waals surface area contributed by atoms with Gasteiger partial charge in [-0.2, -0.15) is 0 Å². The van der Waals surface area contributed by atoms with Crippen molar-refractivity contribution in [2.24, 2.45) is 0 Å². The number of ether oxygens (including phenoxy) is 1. The Hall–Kier alpha value is -1.06. The highest BCUT2D eigenvalue weighted by atomic mass is 16.6. The van der Waals surface area contributed by atoms with Crippen molar-refractivity contribution in [3.8, 4) is 0 Å². The molecule has 1 rings (SSSR count). The van der Waals surface area contributed by atoms with E-state index in [2.05, 4.69) is 0 Å². The van der Waals surface area contributed by atoms with Crippen LogP contribution in [0.1, 0.15) is 46.5 Å². The number of carbonyl (C=O) groups is 2. The zero-order valence-electron chi connectivity index (χ0n) is 10.6. The van der Waals surface area contributed by atoms with Crippen LogP contribution in [0.3, 0.4) is 0 Å². The molecule has 0 aromatic rings. The Kier molecular flexibility index (Phi) is 3.94. The minimum absolute atomic E-state index is 0.0880. The lowest BCUT2D eigenvalue weighted by Gasteiger charge is -2.33. The SMILES string of the molecule is CN(C(=O)OC1CCC(=O)CC1)C(C)(C)C. The van der Waals surface area contributed by atoms with Gasteiger partial charge in [-0.3, -0.25) is 4.79 Å². The number of ketones is 1. The maximum absolute atomic E-state index is 11.8. The molecule has 0 aromatic carbocycles. The predicted octanol–water partition coefficient (Wildman–Crippen LogP) is 2.37. The number of hydrogen-bond donors (Lipinski definition) is 0. The Balaban J connectivity index is 2.43. The zero-order valence-corrected chi connectivity index (χ0v) is 10.6. The molecule has 1 saturated carbocycles. The van der Waals surface area contributed by atoms with E-state index in [4.69, 9.17) is 4.74 Å². The van der Waals surface area contributed by atoms with E-state index in [0.29, 0.717) is 25.7 Å². The van der Waals surface area contributed by atoms with Gasteiger partial charge in [-0.05, 0) is 33.6 Å². The molecule has 0 N–H and O–H groups in total. The summed E-state index contributed by atoms with van der Waals surface area (Å²) in [6.45, 7) is 5.87. The topological polar surface area (TPSA) is 46.6 Å². The second-order valence-corrected chi connectivity index (χ2v) is 5.35. The van der Waals surface area contributed by atoms with Gasteiger partial charge in [0.2, 0.25) is 0 Å². The maximum atomic E-state index is 11.8. The molecular formula is C12H21NO3. The first-order valence-electron chi connectivity index (χ1n) is 5.77. The molecule has 0 unspecified atom stereocenters. The Morgan fingerprint density at radius 1 is 1.31 bits per heavy atom. The normalized spacial score (nSPS) is 18.4. The van der Waals surface area contributed by atoms with Crippen LogP contribution in [0, 0.1) is 0 Å². The largest absolute Gasteiger partial charge is 0.446 e. The fourth-order valence-electron chi connectivity index (χ4n) is 1.53. The summed E-state index contributed by atoms with van der Waals surface area (Å²) in [5.41, 5.74) is -0.235. The first-order valence-corrected chi connectivity index (χ1v) is 5.77. The van der Waals surface area contributed by atoms with E-state index < -0.39 is 0 Å². The molecule has 4 heteroatoms. The molecule has 1 amide bonds. The third-order valence-corrected chi connectivity index (χ3v) is 3.04. The highest BCUT2D eigenvalue weighted by Crippen LogP contribution is 2.20. The molecule has 1 aliphatic rings. The number of Topliss-reactive ketones (excluding diaryl/α,β-unsaturated/α-hetero) is 1. The molecule has 0 bridgehead atoms. The molecule has 0 heterocycles. The number of hydrogen-bond acceptors (Lipinski definition) is 3. The summed E-state index contributed by atoms with van der Waals surface area (Å²) in [4.78, 5) is 24.4. The van der Waals surface area contributed by atoms with Crippen LogP contribution in [0.15, 0.2) is 0 Å². The molecule has 0 saturated heterocycles. The van der Waals surface area contributed by atoms with E-state index in [1.807, 2.05) is 20.8 Å². The first kappa shape index (κ1) is 13.0. The molecule has 92 valence electrons. The monoisotopic (exact) mass is 227 g/mol. The van der Waals surface area contributed by atoms with Crippen LogP contribution in [0.25, 0.3) is 0 Å². The number of nitrogens with zero attached hydrogens (tertiary/aromatic N) is 1. The van der Waals surface area contributed by atoms with E-state index in [1.54, 1.807) is 11.9 Å². The number of rotatable bonds is 1. The molecule has 0 aromatic heterocycles. The lowest BCUT2D eigenvalue weighted by atomic mass is 9.96. The van der Waals surface area contributed by atoms with Crippen molar-refractivity contribution >= 4 is 11.9 Å². The smallest absolute Gasteiger partial charge is 0.410 e. The molecular weight excluding hydrogens is 206 g/mol. The Morgan fingerprint density at radius 2 is 1.81 bits per heavy atom. The van der Waals surface area contributed by atoms with E-state index in [-0.39, 0.29) is 23.5 Å². The average molecular weight is 227 g/mol. The summed E-state index contributed by atoms with van der Waals surface area (Å²) in [6, 6.07) is 0. The fourth-order valence-corrected chi connectivity index (χ4v) is 1.53. The maximum Gasteiger partial charge on any atom is 0.410 e. The molecule has 0 radical (unpaired) electrons. The Morgan fingerprint density at radius 3 is 2.25 bits per heavy atom. The van der Waals surface area contributed by atoms with Gasteiger partial charge in [-0.1, -0.05) is 0 Å². The van der Waals surface area contributed by atoms with Crippen molar-refractivity contribution in [3.63, 3.8) is 0 Å². The van der Waals surface area contributed by atoms with Crippen LogP contribution in [0.5, 0.6) is 0 Å². The lowest BCUT2D eigenvalue weighted by molar-refractivity contribution is -0.122. The Bertz CT molecular complexity index is 270. The van der Waals surface area contributed by atoms with Crippen molar-refractivity contribution in [1.82, 2.24) is 4.90 Å². The fraction of sp³-hybridized carbons (Fsp3) is 0.833. The van der Waals surface area contributed by atoms with Crippen LogP contribution < -0.4 is 0 Å². The van der Waals surface area contributed by atoms with Crippen LogP contribution in [-0.2, 0) is 9.53 Å². The van der Waals surface area contributed by atoms with Crippen molar-refractivity contribution in [3.05, 3.63) is 0 Å². The van der Waals surface area contributed by atoms with Gasteiger partial charge >= 0.3 is 6.09 Å². The highest BCUT2D eigenvalue weighted by Gasteiger charge is 2.27. The van der Waals surface area contributed by atoms with E-state index in [9.17, 15) is 9.59 Å². The summed E-state index contributed by atoms with van der Waals surface area (Å²) in [5, 5.41) is 0. The molecule has 1 fully saturated rings. The average Bonchev–Trinajstić information content (AvgIpc) is 2.19. The molecule has 0 atom stereocenters. The van der Waals surface area contributed by atoms with Gasteiger partial charge < -0.3 is 9.64 Å². The van der Waals surface area contributed by atoms with Crippen molar-refractivity contribution in [1.29, 1.82) is 0 Å². The van der Waals surface area contributed by atoms with Crippen LogP contribution in [0.2, 0.25) is 0 Å². The van der Waals surface area contributed by atoms with Crippen LogP contribution >= 0.6 is 0 Å². The van der Waals surface area contributed by atoms with Gasteiger partial charge in [-0.25, -0.2) is 4.79 Å². The zero-order chi connectivity index (χ0) is 12.3. The van der Waals surface area contributed by atoms with E-state index in [1.165, 1.54) is 0 Å². The second kappa shape index (κ2) is 4.85.